The number of anilines is 1. The van der Waals surface area contributed by atoms with E-state index >= 15 is 0 Å². The molecule has 20 heavy (non-hydrogen) atoms. The van der Waals surface area contributed by atoms with E-state index in [2.05, 4.69) is 32.9 Å². The molecule has 110 valence electrons. The molecule has 2 heterocycles. The first-order valence-electron chi connectivity index (χ1n) is 7.22. The van der Waals surface area contributed by atoms with Crippen molar-refractivity contribution in [2.24, 2.45) is 5.73 Å². The zero-order chi connectivity index (χ0) is 14.4. The standard InChI is InChI=1S/C15H24N4S/c1-3-6-13-14(4-2)20-17-15(13)19-11-9-18(10-12-19)8-5-7-16/h3-4,6H,2,5,7-12,16H2,1H3. The molecule has 0 radical (unpaired) electrons. The molecule has 5 heteroatoms. The van der Waals surface area contributed by atoms with Gasteiger partial charge in [-0.15, -0.1) is 0 Å². The van der Waals surface area contributed by atoms with E-state index in [4.69, 9.17) is 5.73 Å². The summed E-state index contributed by atoms with van der Waals surface area (Å²) in [5, 5.41) is 0. The lowest BCUT2D eigenvalue weighted by molar-refractivity contribution is 0.256. The first kappa shape index (κ1) is 15.2. The molecular weight excluding hydrogens is 268 g/mol. The lowest BCUT2D eigenvalue weighted by Gasteiger charge is -2.35. The molecule has 2 N–H and O–H groups in total. The molecule has 1 aromatic rings. The number of rotatable bonds is 6. The van der Waals surface area contributed by atoms with E-state index in [-0.39, 0.29) is 0 Å². The largest absolute Gasteiger partial charge is 0.353 e. The van der Waals surface area contributed by atoms with Crippen LogP contribution in [0.1, 0.15) is 23.8 Å². The molecule has 0 amide bonds. The first-order chi connectivity index (χ1) is 9.80. The van der Waals surface area contributed by atoms with Gasteiger partial charge in [0.25, 0.3) is 0 Å². The molecule has 0 unspecified atom stereocenters. The number of piperazine rings is 1. The number of nitrogens with zero attached hydrogens (tertiary/aromatic N) is 3. The topological polar surface area (TPSA) is 45.4 Å². The van der Waals surface area contributed by atoms with Crippen molar-refractivity contribution in [3.05, 3.63) is 23.1 Å². The molecule has 0 spiro atoms. The normalized spacial score (nSPS) is 17.0. The van der Waals surface area contributed by atoms with Crippen molar-refractivity contribution in [3.63, 3.8) is 0 Å². The van der Waals surface area contributed by atoms with Gasteiger partial charge < -0.3 is 10.6 Å². The average molecular weight is 292 g/mol. The summed E-state index contributed by atoms with van der Waals surface area (Å²) in [7, 11) is 0. The van der Waals surface area contributed by atoms with Gasteiger partial charge in [-0.2, -0.15) is 4.37 Å². The Morgan fingerprint density at radius 1 is 1.35 bits per heavy atom. The molecule has 2 rings (SSSR count). The third-order valence-electron chi connectivity index (χ3n) is 3.61. The Balaban J connectivity index is 2.03. The number of aromatic nitrogens is 1. The molecule has 1 fully saturated rings. The Hall–Kier alpha value is -1.17. The van der Waals surface area contributed by atoms with Crippen LogP contribution in [0.5, 0.6) is 0 Å². The SMILES string of the molecule is C=Cc1snc(N2CCN(CCCN)CC2)c1C=CC. The van der Waals surface area contributed by atoms with E-state index in [9.17, 15) is 0 Å². The van der Waals surface area contributed by atoms with Crippen LogP contribution >= 0.6 is 11.5 Å². The smallest absolute Gasteiger partial charge is 0.150 e. The predicted octanol–water partition coefficient (Wildman–Crippen LogP) is 2.29. The second kappa shape index (κ2) is 7.57. The van der Waals surface area contributed by atoms with Crippen LogP contribution < -0.4 is 10.6 Å². The number of allylic oxidation sites excluding steroid dienone is 1. The predicted molar refractivity (Wildman–Crippen MR) is 89.2 cm³/mol. The fraction of sp³-hybridized carbons (Fsp3) is 0.533. The molecular formula is C15H24N4S. The number of hydrogen-bond donors (Lipinski definition) is 1. The summed E-state index contributed by atoms with van der Waals surface area (Å²) in [6.45, 7) is 12.1. The van der Waals surface area contributed by atoms with Crippen molar-refractivity contribution < 1.29 is 0 Å². The summed E-state index contributed by atoms with van der Waals surface area (Å²) in [5.74, 6) is 1.11. The van der Waals surface area contributed by atoms with Crippen LogP contribution in [0.2, 0.25) is 0 Å². The fourth-order valence-electron chi connectivity index (χ4n) is 2.50. The maximum Gasteiger partial charge on any atom is 0.150 e. The minimum atomic E-state index is 0.778. The highest BCUT2D eigenvalue weighted by atomic mass is 32.1. The van der Waals surface area contributed by atoms with Gasteiger partial charge in [-0.25, -0.2) is 0 Å². The third kappa shape index (κ3) is 3.48. The molecule has 1 aromatic heterocycles. The molecule has 0 saturated carbocycles. The highest BCUT2D eigenvalue weighted by molar-refractivity contribution is 7.07. The minimum absolute atomic E-state index is 0.778. The number of nitrogens with two attached hydrogens (primary N) is 1. The van der Waals surface area contributed by atoms with Crippen LogP contribution in [0.4, 0.5) is 5.82 Å². The van der Waals surface area contributed by atoms with Crippen molar-refractivity contribution in [1.29, 1.82) is 0 Å². The maximum atomic E-state index is 5.57. The molecule has 1 saturated heterocycles. The Bertz CT molecular complexity index is 458. The van der Waals surface area contributed by atoms with Crippen LogP contribution in [0, 0.1) is 0 Å². The van der Waals surface area contributed by atoms with E-state index in [1.807, 2.05) is 13.0 Å². The monoisotopic (exact) mass is 292 g/mol. The quantitative estimate of drug-likeness (QED) is 0.874. The molecule has 0 aliphatic carbocycles. The Morgan fingerprint density at radius 2 is 2.10 bits per heavy atom. The Morgan fingerprint density at radius 3 is 2.70 bits per heavy atom. The van der Waals surface area contributed by atoms with Gasteiger partial charge in [-0.1, -0.05) is 18.7 Å². The van der Waals surface area contributed by atoms with Crippen LogP contribution in [-0.2, 0) is 0 Å². The summed E-state index contributed by atoms with van der Waals surface area (Å²) < 4.78 is 4.62. The van der Waals surface area contributed by atoms with Crippen molar-refractivity contribution in [2.75, 3.05) is 44.2 Å². The maximum absolute atomic E-state index is 5.57. The van der Waals surface area contributed by atoms with Crippen LogP contribution in [0.3, 0.4) is 0 Å². The summed E-state index contributed by atoms with van der Waals surface area (Å²) >= 11 is 1.53. The first-order valence-corrected chi connectivity index (χ1v) is 7.99. The van der Waals surface area contributed by atoms with Gasteiger partial charge in [0.2, 0.25) is 0 Å². The van der Waals surface area contributed by atoms with Crippen molar-refractivity contribution in [2.45, 2.75) is 13.3 Å². The van der Waals surface area contributed by atoms with E-state index in [1.165, 1.54) is 17.1 Å². The van der Waals surface area contributed by atoms with Gasteiger partial charge in [-0.3, -0.25) is 4.90 Å². The fourth-order valence-corrected chi connectivity index (χ4v) is 3.23. The molecule has 1 aliphatic heterocycles. The average Bonchev–Trinajstić information content (AvgIpc) is 2.89. The lowest BCUT2D eigenvalue weighted by Crippen LogP contribution is -2.47. The molecule has 0 aromatic carbocycles. The summed E-state index contributed by atoms with van der Waals surface area (Å²) in [6.07, 6.45) is 7.18. The van der Waals surface area contributed by atoms with Gasteiger partial charge in [0.05, 0.1) is 4.88 Å². The summed E-state index contributed by atoms with van der Waals surface area (Å²) in [6, 6.07) is 0. The Kier molecular flexibility index (Phi) is 5.76. The zero-order valence-electron chi connectivity index (χ0n) is 12.2. The highest BCUT2D eigenvalue weighted by Gasteiger charge is 2.21. The second-order valence-corrected chi connectivity index (χ2v) is 5.76. The van der Waals surface area contributed by atoms with E-state index in [1.54, 1.807) is 0 Å². The summed E-state index contributed by atoms with van der Waals surface area (Å²) in [4.78, 5) is 6.03. The van der Waals surface area contributed by atoms with Crippen LogP contribution in [0.25, 0.3) is 12.2 Å². The van der Waals surface area contributed by atoms with E-state index in [0.29, 0.717) is 0 Å². The molecule has 0 bridgehead atoms. The third-order valence-corrected chi connectivity index (χ3v) is 4.45. The zero-order valence-corrected chi connectivity index (χ0v) is 13.0. The van der Waals surface area contributed by atoms with Gasteiger partial charge in [0.1, 0.15) is 5.82 Å². The van der Waals surface area contributed by atoms with Crippen molar-refractivity contribution in [1.82, 2.24) is 9.27 Å². The minimum Gasteiger partial charge on any atom is -0.353 e. The van der Waals surface area contributed by atoms with Crippen molar-refractivity contribution in [3.8, 4) is 0 Å². The van der Waals surface area contributed by atoms with Gasteiger partial charge in [-0.05, 0) is 44.0 Å². The van der Waals surface area contributed by atoms with Crippen LogP contribution in [-0.4, -0.2) is 48.5 Å². The van der Waals surface area contributed by atoms with Gasteiger partial charge in [0.15, 0.2) is 0 Å². The molecule has 4 nitrogen and oxygen atoms in total. The van der Waals surface area contributed by atoms with Crippen LogP contribution in [0.15, 0.2) is 12.7 Å². The second-order valence-electron chi connectivity index (χ2n) is 4.96. The van der Waals surface area contributed by atoms with Gasteiger partial charge in [0, 0.05) is 31.7 Å². The molecule has 1 aliphatic rings. The van der Waals surface area contributed by atoms with E-state index < -0.39 is 0 Å². The molecule has 0 atom stereocenters. The number of hydrogen-bond acceptors (Lipinski definition) is 5. The van der Waals surface area contributed by atoms with Crippen molar-refractivity contribution >= 4 is 29.5 Å². The van der Waals surface area contributed by atoms with E-state index in [0.717, 1.165) is 56.4 Å². The highest BCUT2D eigenvalue weighted by Crippen LogP contribution is 2.29. The lowest BCUT2D eigenvalue weighted by atomic mass is 10.2. The van der Waals surface area contributed by atoms with Gasteiger partial charge >= 0.3 is 0 Å². The summed E-state index contributed by atoms with van der Waals surface area (Å²) in [5.41, 5.74) is 6.78. The Labute approximate surface area is 125 Å².